The van der Waals surface area contributed by atoms with Crippen LogP contribution < -0.4 is 5.73 Å². The zero-order chi connectivity index (χ0) is 10.3. The molecule has 2 rings (SSSR count). The fourth-order valence-electron chi connectivity index (χ4n) is 1.36. The fourth-order valence-corrected chi connectivity index (χ4v) is 1.53. The Morgan fingerprint density at radius 1 is 1.36 bits per heavy atom. The number of anilines is 1. The molecule has 1 aromatic carbocycles. The lowest BCUT2D eigenvalue weighted by Crippen LogP contribution is -1.97. The van der Waals surface area contributed by atoms with Crippen LogP contribution in [0, 0.1) is 12.7 Å². The third kappa shape index (κ3) is 1.37. The van der Waals surface area contributed by atoms with Gasteiger partial charge in [-0.1, -0.05) is 0 Å². The lowest BCUT2D eigenvalue weighted by molar-refractivity contribution is 0.628. The number of aryl methyl sites for hydroxylation is 1. The molecule has 2 aromatic rings. The Bertz CT molecular complexity index is 466. The van der Waals surface area contributed by atoms with Crippen molar-refractivity contribution in [1.82, 2.24) is 9.97 Å². The van der Waals surface area contributed by atoms with E-state index >= 15 is 0 Å². The van der Waals surface area contributed by atoms with Gasteiger partial charge in [-0.25, -0.2) is 14.4 Å². The van der Waals surface area contributed by atoms with E-state index in [-0.39, 0.29) is 16.9 Å². The second kappa shape index (κ2) is 3.06. The number of rotatable bonds is 0. The number of hydrogen-bond donors (Lipinski definition) is 1. The molecule has 72 valence electrons. The number of nitrogens with zero attached hydrogens (tertiary/aromatic N) is 2. The molecule has 14 heavy (non-hydrogen) atoms. The largest absolute Gasteiger partial charge is 0.383 e. The second-order valence-electron chi connectivity index (χ2n) is 3.00. The molecule has 0 aliphatic heterocycles. The Balaban J connectivity index is 2.94. The van der Waals surface area contributed by atoms with Crippen LogP contribution in [0.15, 0.2) is 12.1 Å². The molecule has 0 atom stereocenters. The Kier molecular flexibility index (Phi) is 2.00. The van der Waals surface area contributed by atoms with Crippen LogP contribution in [0.1, 0.15) is 5.56 Å². The SMILES string of the molecule is Cc1cc(F)cc2c(N)nc(Cl)nc12. The van der Waals surface area contributed by atoms with Crippen LogP contribution in [0.25, 0.3) is 10.9 Å². The van der Waals surface area contributed by atoms with Crippen molar-refractivity contribution in [3.8, 4) is 0 Å². The van der Waals surface area contributed by atoms with Crippen molar-refractivity contribution in [2.45, 2.75) is 6.92 Å². The van der Waals surface area contributed by atoms with Gasteiger partial charge in [-0.05, 0) is 36.2 Å². The summed E-state index contributed by atoms with van der Waals surface area (Å²) in [6, 6.07) is 2.68. The van der Waals surface area contributed by atoms with Crippen LogP contribution >= 0.6 is 11.6 Å². The van der Waals surface area contributed by atoms with Crippen LogP contribution in [-0.2, 0) is 0 Å². The van der Waals surface area contributed by atoms with Gasteiger partial charge in [-0.15, -0.1) is 0 Å². The quantitative estimate of drug-likeness (QED) is 0.681. The van der Waals surface area contributed by atoms with Crippen LogP contribution in [-0.4, -0.2) is 9.97 Å². The number of nitrogens with two attached hydrogens (primary N) is 1. The standard InChI is InChI=1S/C9H7ClFN3/c1-4-2-5(11)3-6-7(4)13-9(10)14-8(6)12/h2-3H,1H3,(H2,12,13,14). The van der Waals surface area contributed by atoms with E-state index < -0.39 is 0 Å². The minimum atomic E-state index is -0.354. The number of nitrogen functional groups attached to an aromatic ring is 1. The summed E-state index contributed by atoms with van der Waals surface area (Å²) in [5.41, 5.74) is 6.87. The molecular weight excluding hydrogens is 205 g/mol. The highest BCUT2D eigenvalue weighted by Crippen LogP contribution is 2.23. The highest BCUT2D eigenvalue weighted by atomic mass is 35.5. The summed E-state index contributed by atoms with van der Waals surface area (Å²) in [6.45, 7) is 1.74. The normalized spacial score (nSPS) is 10.8. The summed E-state index contributed by atoms with van der Waals surface area (Å²) in [7, 11) is 0. The molecular formula is C9H7ClFN3. The molecule has 0 unspecified atom stereocenters. The van der Waals surface area contributed by atoms with E-state index in [2.05, 4.69) is 9.97 Å². The molecule has 5 heteroatoms. The molecule has 0 radical (unpaired) electrons. The highest BCUT2D eigenvalue weighted by molar-refractivity contribution is 6.28. The van der Waals surface area contributed by atoms with Gasteiger partial charge in [0.15, 0.2) is 0 Å². The van der Waals surface area contributed by atoms with E-state index in [0.717, 1.165) is 0 Å². The van der Waals surface area contributed by atoms with Crippen molar-refractivity contribution in [3.05, 3.63) is 28.8 Å². The summed E-state index contributed by atoms with van der Waals surface area (Å²) in [5, 5.41) is 0.566. The Hall–Kier alpha value is -1.42. The van der Waals surface area contributed by atoms with Crippen LogP contribution in [0.5, 0.6) is 0 Å². The van der Waals surface area contributed by atoms with Gasteiger partial charge in [0.2, 0.25) is 5.28 Å². The smallest absolute Gasteiger partial charge is 0.224 e. The summed E-state index contributed by atoms with van der Waals surface area (Å²) >= 11 is 5.64. The second-order valence-corrected chi connectivity index (χ2v) is 3.33. The van der Waals surface area contributed by atoms with Crippen molar-refractivity contribution in [3.63, 3.8) is 0 Å². The Labute approximate surface area is 84.7 Å². The average Bonchev–Trinajstić information content (AvgIpc) is 2.07. The van der Waals surface area contributed by atoms with Crippen LogP contribution in [0.2, 0.25) is 5.28 Å². The first-order chi connectivity index (χ1) is 6.58. The number of benzene rings is 1. The molecule has 1 aromatic heterocycles. The van der Waals surface area contributed by atoms with E-state index in [4.69, 9.17) is 17.3 Å². The van der Waals surface area contributed by atoms with Gasteiger partial charge < -0.3 is 5.73 Å². The third-order valence-corrected chi connectivity index (χ3v) is 2.13. The van der Waals surface area contributed by atoms with Crippen LogP contribution in [0.3, 0.4) is 0 Å². The van der Waals surface area contributed by atoms with Crippen LogP contribution in [0.4, 0.5) is 10.2 Å². The summed E-state index contributed by atoms with van der Waals surface area (Å²) in [6.07, 6.45) is 0. The first-order valence-corrected chi connectivity index (χ1v) is 4.34. The molecule has 0 saturated heterocycles. The molecule has 0 bridgehead atoms. The molecule has 3 nitrogen and oxygen atoms in total. The van der Waals surface area contributed by atoms with Crippen molar-refractivity contribution < 1.29 is 4.39 Å². The molecule has 2 N–H and O–H groups in total. The first kappa shape index (κ1) is 9.15. The van der Waals surface area contributed by atoms with Gasteiger partial charge in [-0.3, -0.25) is 0 Å². The monoisotopic (exact) mass is 211 g/mol. The van der Waals surface area contributed by atoms with E-state index in [1.807, 2.05) is 0 Å². The molecule has 1 heterocycles. The van der Waals surface area contributed by atoms with Gasteiger partial charge >= 0.3 is 0 Å². The zero-order valence-electron chi connectivity index (χ0n) is 7.38. The molecule has 0 aliphatic rings. The minimum Gasteiger partial charge on any atom is -0.383 e. The summed E-state index contributed by atoms with van der Waals surface area (Å²) < 4.78 is 13.0. The van der Waals surface area contributed by atoms with E-state index in [1.54, 1.807) is 6.92 Å². The third-order valence-electron chi connectivity index (χ3n) is 1.96. The number of fused-ring (bicyclic) bond motifs is 1. The molecule has 0 amide bonds. The van der Waals surface area contributed by atoms with Gasteiger partial charge in [-0.2, -0.15) is 0 Å². The van der Waals surface area contributed by atoms with E-state index in [9.17, 15) is 4.39 Å². The minimum absolute atomic E-state index is 0.0738. The van der Waals surface area contributed by atoms with Gasteiger partial charge in [0.1, 0.15) is 11.6 Å². The molecule has 0 saturated carbocycles. The molecule has 0 fully saturated rings. The van der Waals surface area contributed by atoms with Gasteiger partial charge in [0.05, 0.1) is 5.52 Å². The number of aromatic nitrogens is 2. The summed E-state index contributed by atoms with van der Waals surface area (Å²) in [4.78, 5) is 7.73. The van der Waals surface area contributed by atoms with E-state index in [0.29, 0.717) is 16.5 Å². The van der Waals surface area contributed by atoms with Crippen molar-refractivity contribution in [2.75, 3.05) is 5.73 Å². The Morgan fingerprint density at radius 2 is 2.07 bits per heavy atom. The first-order valence-electron chi connectivity index (χ1n) is 3.97. The topological polar surface area (TPSA) is 51.8 Å². The maximum atomic E-state index is 13.0. The maximum Gasteiger partial charge on any atom is 0.224 e. The maximum absolute atomic E-state index is 13.0. The highest BCUT2D eigenvalue weighted by Gasteiger charge is 2.07. The predicted octanol–water partition coefficient (Wildman–Crippen LogP) is 2.31. The lowest BCUT2D eigenvalue weighted by Gasteiger charge is -2.04. The van der Waals surface area contributed by atoms with Crippen molar-refractivity contribution in [1.29, 1.82) is 0 Å². The molecule has 0 spiro atoms. The fraction of sp³-hybridized carbons (Fsp3) is 0.111. The van der Waals surface area contributed by atoms with E-state index in [1.165, 1.54) is 12.1 Å². The molecule has 0 aliphatic carbocycles. The zero-order valence-corrected chi connectivity index (χ0v) is 8.14. The van der Waals surface area contributed by atoms with Crippen molar-refractivity contribution >= 4 is 28.3 Å². The number of hydrogen-bond acceptors (Lipinski definition) is 3. The van der Waals surface area contributed by atoms with Crippen molar-refractivity contribution in [2.24, 2.45) is 0 Å². The van der Waals surface area contributed by atoms with Gasteiger partial charge in [0, 0.05) is 5.39 Å². The predicted molar refractivity (Wildman–Crippen MR) is 53.7 cm³/mol. The number of halogens is 2. The van der Waals surface area contributed by atoms with Gasteiger partial charge in [0.25, 0.3) is 0 Å². The Morgan fingerprint density at radius 3 is 2.79 bits per heavy atom. The summed E-state index contributed by atoms with van der Waals surface area (Å²) in [5.74, 6) is -0.157. The average molecular weight is 212 g/mol. The lowest BCUT2D eigenvalue weighted by atomic mass is 10.1.